The van der Waals surface area contributed by atoms with Crippen LogP contribution in [0.15, 0.2) is 42.7 Å². The maximum atomic E-state index is 10.4. The van der Waals surface area contributed by atoms with E-state index in [-0.39, 0.29) is 0 Å². The van der Waals surface area contributed by atoms with Crippen molar-refractivity contribution in [2.24, 2.45) is 7.05 Å². The number of aromatic nitrogens is 2. The second-order valence-electron chi connectivity index (χ2n) is 5.18. The highest BCUT2D eigenvalue weighted by Gasteiger charge is 2.20. The van der Waals surface area contributed by atoms with Gasteiger partial charge < -0.3 is 5.11 Å². The monoisotopic (exact) mass is 244 g/mol. The van der Waals surface area contributed by atoms with Gasteiger partial charge in [0.15, 0.2) is 0 Å². The summed E-state index contributed by atoms with van der Waals surface area (Å²) < 4.78 is 1.79. The fraction of sp³-hybridized carbons (Fsp3) is 0.400. The number of hydrogen-bond donors (Lipinski definition) is 1. The van der Waals surface area contributed by atoms with Crippen molar-refractivity contribution in [3.8, 4) is 0 Å². The molecule has 1 aromatic carbocycles. The summed E-state index contributed by atoms with van der Waals surface area (Å²) in [6.07, 6.45) is 6.15. The predicted molar refractivity (Wildman–Crippen MR) is 72.3 cm³/mol. The van der Waals surface area contributed by atoms with Gasteiger partial charge in [-0.1, -0.05) is 30.3 Å². The smallest absolute Gasteiger partial charge is 0.0663 e. The summed E-state index contributed by atoms with van der Waals surface area (Å²) >= 11 is 0. The minimum Gasteiger partial charge on any atom is -0.390 e. The minimum absolute atomic E-state index is 0.669. The van der Waals surface area contributed by atoms with Crippen molar-refractivity contribution < 1.29 is 5.11 Å². The van der Waals surface area contributed by atoms with Crippen molar-refractivity contribution in [2.75, 3.05) is 0 Å². The van der Waals surface area contributed by atoms with Gasteiger partial charge in [0.25, 0.3) is 0 Å². The predicted octanol–water partition coefficient (Wildman–Crippen LogP) is 2.35. The van der Waals surface area contributed by atoms with E-state index in [0.717, 1.165) is 12.8 Å². The standard InChI is InChI=1S/C15H20N2O/c1-15(18,10-13-6-4-3-5-7-13)9-8-14-11-16-17(2)12-14/h3-7,11-12,18H,8-10H2,1-2H3. The molecule has 96 valence electrons. The van der Waals surface area contributed by atoms with E-state index in [2.05, 4.69) is 17.2 Å². The molecule has 18 heavy (non-hydrogen) atoms. The van der Waals surface area contributed by atoms with Crippen LogP contribution < -0.4 is 0 Å². The summed E-state index contributed by atoms with van der Waals surface area (Å²) in [5.41, 5.74) is 1.68. The Labute approximate surface area is 108 Å². The number of rotatable bonds is 5. The SMILES string of the molecule is Cn1cc(CCC(C)(O)Cc2ccccc2)cn1. The van der Waals surface area contributed by atoms with Crippen LogP contribution in [0.5, 0.6) is 0 Å². The molecule has 0 spiro atoms. The van der Waals surface area contributed by atoms with Crippen LogP contribution in [0.25, 0.3) is 0 Å². The van der Waals surface area contributed by atoms with Crippen LogP contribution in [0, 0.1) is 0 Å². The molecule has 1 N–H and O–H groups in total. The molecule has 0 bridgehead atoms. The Hall–Kier alpha value is -1.61. The topological polar surface area (TPSA) is 38.0 Å². The molecular weight excluding hydrogens is 224 g/mol. The third-order valence-corrected chi connectivity index (χ3v) is 3.14. The number of nitrogens with zero attached hydrogens (tertiary/aromatic N) is 2. The average Bonchev–Trinajstić information content (AvgIpc) is 2.74. The highest BCUT2D eigenvalue weighted by atomic mass is 16.3. The van der Waals surface area contributed by atoms with E-state index in [1.165, 1.54) is 11.1 Å². The van der Waals surface area contributed by atoms with Crippen LogP contribution in [-0.4, -0.2) is 20.5 Å². The molecule has 0 aliphatic heterocycles. The molecule has 0 aliphatic carbocycles. The van der Waals surface area contributed by atoms with Gasteiger partial charge in [0.1, 0.15) is 0 Å². The molecule has 0 saturated heterocycles. The Kier molecular flexibility index (Phi) is 3.82. The Bertz CT molecular complexity index is 488. The van der Waals surface area contributed by atoms with Crippen molar-refractivity contribution >= 4 is 0 Å². The van der Waals surface area contributed by atoms with Gasteiger partial charge >= 0.3 is 0 Å². The first-order valence-electron chi connectivity index (χ1n) is 6.29. The zero-order chi connectivity index (χ0) is 13.0. The summed E-state index contributed by atoms with van der Waals surface area (Å²) in [5.74, 6) is 0. The van der Waals surface area contributed by atoms with E-state index in [1.807, 2.05) is 44.6 Å². The van der Waals surface area contributed by atoms with Crippen LogP contribution in [0.3, 0.4) is 0 Å². The fourth-order valence-corrected chi connectivity index (χ4v) is 2.14. The average molecular weight is 244 g/mol. The van der Waals surface area contributed by atoms with E-state index in [9.17, 15) is 5.11 Å². The molecule has 0 amide bonds. The summed E-state index contributed by atoms with van der Waals surface area (Å²) in [6, 6.07) is 10.1. The molecule has 2 aromatic rings. The Morgan fingerprint density at radius 1 is 1.22 bits per heavy atom. The lowest BCUT2D eigenvalue weighted by Gasteiger charge is -2.23. The molecule has 0 saturated carbocycles. The second kappa shape index (κ2) is 5.36. The van der Waals surface area contributed by atoms with E-state index >= 15 is 0 Å². The van der Waals surface area contributed by atoms with Crippen LogP contribution >= 0.6 is 0 Å². The lowest BCUT2D eigenvalue weighted by atomic mass is 9.91. The van der Waals surface area contributed by atoms with Crippen LogP contribution in [0.1, 0.15) is 24.5 Å². The Morgan fingerprint density at radius 3 is 2.56 bits per heavy atom. The van der Waals surface area contributed by atoms with Gasteiger partial charge in [0.05, 0.1) is 11.8 Å². The third kappa shape index (κ3) is 3.70. The van der Waals surface area contributed by atoms with Crippen LogP contribution in [0.4, 0.5) is 0 Å². The van der Waals surface area contributed by atoms with Crippen molar-refractivity contribution in [2.45, 2.75) is 31.8 Å². The first-order valence-corrected chi connectivity index (χ1v) is 6.29. The summed E-state index contributed by atoms with van der Waals surface area (Å²) in [7, 11) is 1.91. The van der Waals surface area contributed by atoms with Crippen LogP contribution in [0.2, 0.25) is 0 Å². The van der Waals surface area contributed by atoms with Crippen molar-refractivity contribution in [1.29, 1.82) is 0 Å². The van der Waals surface area contributed by atoms with Crippen molar-refractivity contribution in [3.05, 3.63) is 53.9 Å². The van der Waals surface area contributed by atoms with Crippen molar-refractivity contribution in [1.82, 2.24) is 9.78 Å². The highest BCUT2D eigenvalue weighted by molar-refractivity contribution is 5.17. The first-order chi connectivity index (χ1) is 8.55. The van der Waals surface area contributed by atoms with Gasteiger partial charge in [-0.15, -0.1) is 0 Å². The number of hydrogen-bond acceptors (Lipinski definition) is 2. The summed E-state index contributed by atoms with van der Waals surface area (Å²) in [5, 5.41) is 14.5. The normalized spacial score (nSPS) is 14.4. The largest absolute Gasteiger partial charge is 0.390 e. The molecule has 0 fully saturated rings. The van der Waals surface area contributed by atoms with Gasteiger partial charge in [0, 0.05) is 19.7 Å². The van der Waals surface area contributed by atoms with Gasteiger partial charge in [0.2, 0.25) is 0 Å². The maximum absolute atomic E-state index is 10.4. The molecule has 1 aromatic heterocycles. The minimum atomic E-state index is -0.669. The third-order valence-electron chi connectivity index (χ3n) is 3.14. The lowest BCUT2D eigenvalue weighted by Crippen LogP contribution is -2.27. The molecular formula is C15H20N2O. The van der Waals surface area contributed by atoms with Gasteiger partial charge in [-0.05, 0) is 30.9 Å². The molecule has 3 nitrogen and oxygen atoms in total. The lowest BCUT2D eigenvalue weighted by molar-refractivity contribution is 0.0516. The first kappa shape index (κ1) is 12.8. The Morgan fingerprint density at radius 2 is 1.94 bits per heavy atom. The highest BCUT2D eigenvalue weighted by Crippen LogP contribution is 2.19. The zero-order valence-electron chi connectivity index (χ0n) is 11.0. The number of aryl methyl sites for hydroxylation is 2. The van der Waals surface area contributed by atoms with E-state index in [1.54, 1.807) is 4.68 Å². The zero-order valence-corrected chi connectivity index (χ0v) is 11.0. The molecule has 0 aliphatic rings. The molecule has 3 heteroatoms. The molecule has 1 unspecified atom stereocenters. The molecule has 1 heterocycles. The Balaban J connectivity index is 1.91. The molecule has 2 rings (SSSR count). The number of benzene rings is 1. The van der Waals surface area contributed by atoms with E-state index < -0.39 is 5.60 Å². The maximum Gasteiger partial charge on any atom is 0.0663 e. The van der Waals surface area contributed by atoms with E-state index in [0.29, 0.717) is 6.42 Å². The second-order valence-corrected chi connectivity index (χ2v) is 5.18. The quantitative estimate of drug-likeness (QED) is 0.876. The van der Waals surface area contributed by atoms with Crippen molar-refractivity contribution in [3.63, 3.8) is 0 Å². The van der Waals surface area contributed by atoms with Gasteiger partial charge in [-0.3, -0.25) is 4.68 Å². The summed E-state index contributed by atoms with van der Waals surface area (Å²) in [4.78, 5) is 0. The fourth-order valence-electron chi connectivity index (χ4n) is 2.14. The van der Waals surface area contributed by atoms with Gasteiger partial charge in [-0.2, -0.15) is 5.10 Å². The number of aliphatic hydroxyl groups is 1. The molecule has 0 radical (unpaired) electrons. The van der Waals surface area contributed by atoms with E-state index in [4.69, 9.17) is 0 Å². The summed E-state index contributed by atoms with van der Waals surface area (Å²) in [6.45, 7) is 1.90. The van der Waals surface area contributed by atoms with Crippen LogP contribution in [-0.2, 0) is 19.9 Å². The van der Waals surface area contributed by atoms with Gasteiger partial charge in [-0.25, -0.2) is 0 Å². The molecule has 1 atom stereocenters.